The first kappa shape index (κ1) is 16.4. The molecule has 2 rings (SSSR count). The third-order valence-electron chi connectivity index (χ3n) is 2.90. The van der Waals surface area contributed by atoms with Crippen molar-refractivity contribution < 1.29 is 9.18 Å². The van der Waals surface area contributed by atoms with Crippen LogP contribution in [-0.4, -0.2) is 18.7 Å². The largest absolute Gasteiger partial charge is 0.376 e. The Balaban J connectivity index is 1.81. The van der Waals surface area contributed by atoms with E-state index in [-0.39, 0.29) is 18.3 Å². The van der Waals surface area contributed by atoms with E-state index in [2.05, 4.69) is 38.4 Å². The Bertz CT molecular complexity index is 686. The molecule has 0 saturated carbocycles. The Morgan fingerprint density at radius 2 is 2.00 bits per heavy atom. The van der Waals surface area contributed by atoms with Gasteiger partial charge in [0.1, 0.15) is 5.82 Å². The minimum absolute atomic E-state index is 0.127. The molecule has 0 fully saturated rings. The molecule has 2 aromatic rings. The van der Waals surface area contributed by atoms with Crippen LogP contribution >= 0.6 is 22.6 Å². The van der Waals surface area contributed by atoms with Gasteiger partial charge >= 0.3 is 0 Å². The molecule has 22 heavy (non-hydrogen) atoms. The maximum absolute atomic E-state index is 12.7. The van der Waals surface area contributed by atoms with E-state index in [1.54, 1.807) is 12.1 Å². The summed E-state index contributed by atoms with van der Waals surface area (Å²) >= 11 is 2.24. The lowest BCUT2D eigenvalue weighted by Crippen LogP contribution is -2.26. The standard InChI is InChI=1S/C16H15FIN3O/c1-11-8-14(18)6-7-15(11)19-10-16(22)21-20-9-12-2-4-13(17)5-3-12/h2-9,19H,10H2,1H3,(H,21,22)/b20-9-. The Labute approximate surface area is 142 Å². The van der Waals surface area contributed by atoms with Gasteiger partial charge in [-0.15, -0.1) is 0 Å². The number of amides is 1. The highest BCUT2D eigenvalue weighted by atomic mass is 127. The summed E-state index contributed by atoms with van der Waals surface area (Å²) in [4.78, 5) is 11.7. The van der Waals surface area contributed by atoms with Crippen molar-refractivity contribution in [1.82, 2.24) is 5.43 Å². The molecule has 0 aliphatic rings. The summed E-state index contributed by atoms with van der Waals surface area (Å²) in [6, 6.07) is 11.8. The fraction of sp³-hybridized carbons (Fsp3) is 0.125. The molecule has 0 bridgehead atoms. The number of hydrogen-bond acceptors (Lipinski definition) is 3. The number of benzene rings is 2. The number of rotatable bonds is 5. The molecule has 0 atom stereocenters. The monoisotopic (exact) mass is 411 g/mol. The molecule has 1 amide bonds. The van der Waals surface area contributed by atoms with Crippen LogP contribution in [0.2, 0.25) is 0 Å². The second-order valence-electron chi connectivity index (χ2n) is 4.66. The van der Waals surface area contributed by atoms with E-state index < -0.39 is 0 Å². The number of carbonyl (C=O) groups is 1. The fourth-order valence-corrected chi connectivity index (χ4v) is 2.42. The SMILES string of the molecule is Cc1cc(I)ccc1NCC(=O)N/N=C\c1ccc(F)cc1. The smallest absolute Gasteiger partial charge is 0.259 e. The summed E-state index contributed by atoms with van der Waals surface area (Å²) in [5, 5.41) is 6.89. The molecule has 0 spiro atoms. The number of hydrazone groups is 1. The van der Waals surface area contributed by atoms with E-state index in [9.17, 15) is 9.18 Å². The summed E-state index contributed by atoms with van der Waals surface area (Å²) in [6.07, 6.45) is 1.47. The maximum atomic E-state index is 12.7. The number of nitrogens with one attached hydrogen (secondary N) is 2. The van der Waals surface area contributed by atoms with E-state index in [0.29, 0.717) is 5.56 Å². The lowest BCUT2D eigenvalue weighted by atomic mass is 10.2. The summed E-state index contributed by atoms with van der Waals surface area (Å²) in [5.74, 6) is -0.561. The van der Waals surface area contributed by atoms with Crippen molar-refractivity contribution in [2.75, 3.05) is 11.9 Å². The first-order chi connectivity index (χ1) is 10.5. The summed E-state index contributed by atoms with van der Waals surface area (Å²) in [5.41, 5.74) is 5.12. The average Bonchev–Trinajstić information content (AvgIpc) is 2.48. The molecular formula is C16H15FIN3O. The molecule has 2 N–H and O–H groups in total. The summed E-state index contributed by atoms with van der Waals surface area (Å²) < 4.78 is 13.9. The highest BCUT2D eigenvalue weighted by Crippen LogP contribution is 2.17. The molecule has 0 aliphatic carbocycles. The van der Waals surface area contributed by atoms with Crippen LogP contribution in [0.1, 0.15) is 11.1 Å². The average molecular weight is 411 g/mol. The topological polar surface area (TPSA) is 53.5 Å². The summed E-state index contributed by atoms with van der Waals surface area (Å²) in [6.45, 7) is 2.11. The van der Waals surface area contributed by atoms with Crippen LogP contribution in [0.4, 0.5) is 10.1 Å². The third kappa shape index (κ3) is 5.10. The van der Waals surface area contributed by atoms with Gasteiger partial charge in [-0.2, -0.15) is 5.10 Å². The van der Waals surface area contributed by atoms with Gasteiger partial charge in [-0.3, -0.25) is 4.79 Å². The van der Waals surface area contributed by atoms with Gasteiger partial charge in [0.25, 0.3) is 5.91 Å². The van der Waals surface area contributed by atoms with Gasteiger partial charge in [-0.05, 0) is 71.0 Å². The molecule has 6 heteroatoms. The Morgan fingerprint density at radius 3 is 2.68 bits per heavy atom. The van der Waals surface area contributed by atoms with E-state index in [4.69, 9.17) is 0 Å². The fourth-order valence-electron chi connectivity index (χ4n) is 1.77. The molecule has 0 saturated heterocycles. The van der Waals surface area contributed by atoms with Crippen LogP contribution in [0.5, 0.6) is 0 Å². The highest BCUT2D eigenvalue weighted by Gasteiger charge is 2.02. The van der Waals surface area contributed by atoms with Gasteiger partial charge in [-0.25, -0.2) is 9.82 Å². The highest BCUT2D eigenvalue weighted by molar-refractivity contribution is 14.1. The second kappa shape index (κ2) is 7.88. The molecule has 4 nitrogen and oxygen atoms in total. The zero-order valence-electron chi connectivity index (χ0n) is 11.9. The minimum Gasteiger partial charge on any atom is -0.376 e. The molecule has 2 aromatic carbocycles. The molecule has 0 unspecified atom stereocenters. The lowest BCUT2D eigenvalue weighted by Gasteiger charge is -2.08. The van der Waals surface area contributed by atoms with Crippen molar-refractivity contribution in [2.45, 2.75) is 6.92 Å². The number of carbonyl (C=O) groups excluding carboxylic acids is 1. The van der Waals surface area contributed by atoms with Crippen molar-refractivity contribution in [3.8, 4) is 0 Å². The molecule has 0 aromatic heterocycles. The zero-order valence-corrected chi connectivity index (χ0v) is 14.1. The van der Waals surface area contributed by atoms with Gasteiger partial charge in [0.05, 0.1) is 12.8 Å². The van der Waals surface area contributed by atoms with Gasteiger partial charge in [0.2, 0.25) is 0 Å². The van der Waals surface area contributed by atoms with Crippen molar-refractivity contribution in [3.63, 3.8) is 0 Å². The predicted octanol–water partition coefficient (Wildman–Crippen LogP) is 3.30. The third-order valence-corrected chi connectivity index (χ3v) is 3.57. The molecule has 0 heterocycles. The van der Waals surface area contributed by atoms with Gasteiger partial charge in [-0.1, -0.05) is 12.1 Å². The first-order valence-electron chi connectivity index (χ1n) is 6.62. The van der Waals surface area contributed by atoms with Crippen molar-refractivity contribution in [2.24, 2.45) is 5.10 Å². The quantitative estimate of drug-likeness (QED) is 0.451. The van der Waals surface area contributed by atoms with Crippen LogP contribution < -0.4 is 10.7 Å². The molecule has 114 valence electrons. The van der Waals surface area contributed by atoms with Gasteiger partial charge < -0.3 is 5.32 Å². The van der Waals surface area contributed by atoms with Gasteiger partial charge in [0, 0.05) is 9.26 Å². The van der Waals surface area contributed by atoms with Crippen LogP contribution in [0.3, 0.4) is 0 Å². The van der Waals surface area contributed by atoms with Gasteiger partial charge in [0.15, 0.2) is 0 Å². The van der Waals surface area contributed by atoms with E-state index in [0.717, 1.165) is 14.8 Å². The van der Waals surface area contributed by atoms with Crippen molar-refractivity contribution in [1.29, 1.82) is 0 Å². The molecule has 0 aliphatic heterocycles. The molecule has 0 radical (unpaired) electrons. The maximum Gasteiger partial charge on any atom is 0.259 e. The van der Waals surface area contributed by atoms with Crippen LogP contribution in [0.25, 0.3) is 0 Å². The van der Waals surface area contributed by atoms with E-state index in [1.807, 2.05) is 25.1 Å². The number of hydrogen-bond donors (Lipinski definition) is 2. The Morgan fingerprint density at radius 1 is 1.27 bits per heavy atom. The first-order valence-corrected chi connectivity index (χ1v) is 7.70. The predicted molar refractivity (Wildman–Crippen MR) is 94.5 cm³/mol. The number of nitrogens with zero attached hydrogens (tertiary/aromatic N) is 1. The normalized spacial score (nSPS) is 10.7. The van der Waals surface area contributed by atoms with Crippen LogP contribution in [-0.2, 0) is 4.79 Å². The second-order valence-corrected chi connectivity index (χ2v) is 5.90. The van der Waals surface area contributed by atoms with E-state index in [1.165, 1.54) is 18.3 Å². The minimum atomic E-state index is -0.307. The lowest BCUT2D eigenvalue weighted by molar-refractivity contribution is -0.119. The molecular weight excluding hydrogens is 396 g/mol. The van der Waals surface area contributed by atoms with Crippen LogP contribution in [0, 0.1) is 16.3 Å². The van der Waals surface area contributed by atoms with Crippen LogP contribution in [0.15, 0.2) is 47.6 Å². The number of anilines is 1. The Kier molecular flexibility index (Phi) is 5.88. The van der Waals surface area contributed by atoms with Crippen molar-refractivity contribution >= 4 is 40.4 Å². The van der Waals surface area contributed by atoms with Crippen molar-refractivity contribution in [3.05, 3.63) is 63.0 Å². The Hall–Kier alpha value is -1.96. The number of halogens is 2. The number of aryl methyl sites for hydroxylation is 1. The summed E-state index contributed by atoms with van der Waals surface area (Å²) in [7, 11) is 0. The van der Waals surface area contributed by atoms with E-state index >= 15 is 0 Å². The zero-order chi connectivity index (χ0) is 15.9.